The van der Waals surface area contributed by atoms with E-state index in [2.05, 4.69) is 15.8 Å². The molecule has 5 nitrogen and oxygen atoms in total. The summed E-state index contributed by atoms with van der Waals surface area (Å²) in [5, 5.41) is 7.10. The van der Waals surface area contributed by atoms with Crippen LogP contribution in [0.25, 0.3) is 0 Å². The fourth-order valence-corrected chi connectivity index (χ4v) is 2.52. The van der Waals surface area contributed by atoms with Gasteiger partial charge in [-0.25, -0.2) is 5.43 Å². The average Bonchev–Trinajstić information content (AvgIpc) is 2.73. The lowest BCUT2D eigenvalue weighted by Gasteiger charge is -2.09. The Labute approximate surface area is 165 Å². The van der Waals surface area contributed by atoms with Gasteiger partial charge in [-0.3, -0.25) is 4.79 Å². The Morgan fingerprint density at radius 1 is 0.964 bits per heavy atom. The molecule has 1 amide bonds. The lowest BCUT2D eigenvalue weighted by atomic mass is 10.2. The van der Waals surface area contributed by atoms with Crippen LogP contribution in [0, 0.1) is 6.92 Å². The van der Waals surface area contributed by atoms with Crippen molar-refractivity contribution in [1.82, 2.24) is 5.43 Å². The maximum absolute atomic E-state index is 12.0. The Balaban J connectivity index is 1.50. The molecule has 0 aliphatic carbocycles. The molecule has 0 saturated heterocycles. The van der Waals surface area contributed by atoms with Crippen LogP contribution in [0.1, 0.15) is 16.7 Å². The number of amides is 1. The third-order valence-electron chi connectivity index (χ3n) is 4.05. The van der Waals surface area contributed by atoms with Crippen LogP contribution in [0.4, 0.5) is 5.69 Å². The number of rotatable bonds is 8. The number of para-hydroxylation sites is 1. The van der Waals surface area contributed by atoms with Crippen LogP contribution in [-0.4, -0.2) is 18.7 Å². The summed E-state index contributed by atoms with van der Waals surface area (Å²) >= 11 is 0. The Morgan fingerprint density at radius 3 is 2.46 bits per heavy atom. The van der Waals surface area contributed by atoms with Gasteiger partial charge in [0.1, 0.15) is 12.4 Å². The molecule has 0 bridgehead atoms. The zero-order valence-corrected chi connectivity index (χ0v) is 15.8. The number of carbonyl (C=O) groups excluding carboxylic acids is 1. The Hall–Kier alpha value is -3.60. The number of anilines is 1. The molecule has 142 valence electrons. The van der Waals surface area contributed by atoms with E-state index in [0.717, 1.165) is 16.8 Å². The maximum atomic E-state index is 12.0. The summed E-state index contributed by atoms with van der Waals surface area (Å²) in [6, 6.07) is 25.4. The summed E-state index contributed by atoms with van der Waals surface area (Å²) in [4.78, 5) is 12.0. The van der Waals surface area contributed by atoms with Gasteiger partial charge in [0.05, 0.1) is 12.8 Å². The minimum Gasteiger partial charge on any atom is -0.488 e. The zero-order chi connectivity index (χ0) is 19.6. The molecule has 0 fully saturated rings. The van der Waals surface area contributed by atoms with E-state index in [9.17, 15) is 4.79 Å². The molecule has 0 heterocycles. The van der Waals surface area contributed by atoms with Gasteiger partial charge in [0.15, 0.2) is 0 Å². The van der Waals surface area contributed by atoms with E-state index in [0.29, 0.717) is 12.4 Å². The number of carbonyl (C=O) groups is 1. The van der Waals surface area contributed by atoms with Crippen molar-refractivity contribution in [2.75, 3.05) is 11.9 Å². The molecule has 5 heteroatoms. The van der Waals surface area contributed by atoms with Crippen LogP contribution in [-0.2, 0) is 11.4 Å². The van der Waals surface area contributed by atoms with Crippen molar-refractivity contribution in [1.29, 1.82) is 0 Å². The van der Waals surface area contributed by atoms with Crippen molar-refractivity contribution >= 4 is 17.8 Å². The van der Waals surface area contributed by atoms with Crippen LogP contribution in [0.15, 0.2) is 84.0 Å². The molecule has 28 heavy (non-hydrogen) atoms. The molecule has 3 aromatic carbocycles. The molecule has 3 aromatic rings. The number of hydrogen-bond acceptors (Lipinski definition) is 4. The molecule has 3 rings (SSSR count). The number of hydrogen-bond donors (Lipinski definition) is 2. The second-order valence-corrected chi connectivity index (χ2v) is 6.32. The first-order valence-electron chi connectivity index (χ1n) is 9.09. The molecule has 2 N–H and O–H groups in total. The lowest BCUT2D eigenvalue weighted by molar-refractivity contribution is -0.119. The highest BCUT2D eigenvalue weighted by Crippen LogP contribution is 2.17. The average molecular weight is 373 g/mol. The van der Waals surface area contributed by atoms with Crippen molar-refractivity contribution in [3.8, 4) is 5.75 Å². The number of nitrogens with zero attached hydrogens (tertiary/aromatic N) is 1. The molecule has 0 aliphatic rings. The summed E-state index contributed by atoms with van der Waals surface area (Å²) in [5.41, 5.74) is 6.48. The number of hydrazone groups is 1. The van der Waals surface area contributed by atoms with Gasteiger partial charge in [-0.15, -0.1) is 0 Å². The molecule has 0 aliphatic heterocycles. The number of nitrogens with one attached hydrogen (secondary N) is 2. The van der Waals surface area contributed by atoms with E-state index in [1.807, 2.05) is 85.8 Å². The highest BCUT2D eigenvalue weighted by atomic mass is 16.5. The topological polar surface area (TPSA) is 62.7 Å². The van der Waals surface area contributed by atoms with Crippen molar-refractivity contribution in [3.05, 3.63) is 95.6 Å². The molecular weight excluding hydrogens is 350 g/mol. The number of ether oxygens (including phenoxy) is 1. The van der Waals surface area contributed by atoms with Gasteiger partial charge in [0, 0.05) is 11.3 Å². The first kappa shape index (κ1) is 19.2. The quantitative estimate of drug-likeness (QED) is 0.461. The SMILES string of the molecule is Cc1ccc(NCC(=O)N/N=C/c2ccccc2OCc2ccccc2)cc1. The van der Waals surface area contributed by atoms with Crippen LogP contribution in [0.5, 0.6) is 5.75 Å². The Kier molecular flexibility index (Phi) is 6.79. The summed E-state index contributed by atoms with van der Waals surface area (Å²) in [6.07, 6.45) is 1.59. The molecular formula is C23H23N3O2. The normalized spacial score (nSPS) is 10.6. The van der Waals surface area contributed by atoms with E-state index in [-0.39, 0.29) is 12.5 Å². The van der Waals surface area contributed by atoms with Gasteiger partial charge in [-0.2, -0.15) is 5.10 Å². The minimum atomic E-state index is -0.223. The van der Waals surface area contributed by atoms with E-state index in [1.165, 1.54) is 5.56 Å². The smallest absolute Gasteiger partial charge is 0.259 e. The summed E-state index contributed by atoms with van der Waals surface area (Å²) in [5.74, 6) is 0.488. The molecule has 0 atom stereocenters. The predicted molar refractivity (Wildman–Crippen MR) is 113 cm³/mol. The molecule has 0 spiro atoms. The van der Waals surface area contributed by atoms with Crippen molar-refractivity contribution in [2.45, 2.75) is 13.5 Å². The summed E-state index contributed by atoms with van der Waals surface area (Å²) < 4.78 is 5.88. The van der Waals surface area contributed by atoms with Crippen LogP contribution < -0.4 is 15.5 Å². The van der Waals surface area contributed by atoms with Gasteiger partial charge in [-0.05, 0) is 36.8 Å². The first-order valence-corrected chi connectivity index (χ1v) is 9.09. The lowest BCUT2D eigenvalue weighted by Crippen LogP contribution is -2.25. The van der Waals surface area contributed by atoms with Gasteiger partial charge >= 0.3 is 0 Å². The molecule has 0 saturated carbocycles. The van der Waals surface area contributed by atoms with E-state index in [1.54, 1.807) is 6.21 Å². The van der Waals surface area contributed by atoms with Gasteiger partial charge < -0.3 is 10.1 Å². The highest BCUT2D eigenvalue weighted by molar-refractivity contribution is 5.86. The van der Waals surface area contributed by atoms with Crippen molar-refractivity contribution < 1.29 is 9.53 Å². The number of benzene rings is 3. The predicted octanol–water partition coefficient (Wildman–Crippen LogP) is 4.14. The summed E-state index contributed by atoms with van der Waals surface area (Å²) in [7, 11) is 0. The Bertz CT molecular complexity index is 922. The standard InChI is InChI=1S/C23H23N3O2/c1-18-11-13-21(14-12-18)24-16-23(27)26-25-15-20-9-5-6-10-22(20)28-17-19-7-3-2-4-8-19/h2-15,24H,16-17H2,1H3,(H,26,27)/b25-15+. The van der Waals surface area contributed by atoms with Crippen LogP contribution in [0.3, 0.4) is 0 Å². The van der Waals surface area contributed by atoms with E-state index in [4.69, 9.17) is 4.74 Å². The van der Waals surface area contributed by atoms with Gasteiger partial charge in [0.25, 0.3) is 5.91 Å². The second kappa shape index (κ2) is 9.92. The van der Waals surface area contributed by atoms with Gasteiger partial charge in [0.2, 0.25) is 0 Å². The third-order valence-corrected chi connectivity index (χ3v) is 4.05. The van der Waals surface area contributed by atoms with Crippen LogP contribution >= 0.6 is 0 Å². The minimum absolute atomic E-state index is 0.145. The third kappa shape index (κ3) is 5.99. The van der Waals surface area contributed by atoms with E-state index >= 15 is 0 Å². The fourth-order valence-electron chi connectivity index (χ4n) is 2.52. The Morgan fingerprint density at radius 2 is 1.68 bits per heavy atom. The van der Waals surface area contributed by atoms with Gasteiger partial charge in [-0.1, -0.05) is 60.2 Å². The second-order valence-electron chi connectivity index (χ2n) is 6.32. The van der Waals surface area contributed by atoms with Crippen molar-refractivity contribution in [2.24, 2.45) is 5.10 Å². The highest BCUT2D eigenvalue weighted by Gasteiger charge is 2.03. The van der Waals surface area contributed by atoms with Crippen molar-refractivity contribution in [3.63, 3.8) is 0 Å². The monoisotopic (exact) mass is 373 g/mol. The van der Waals surface area contributed by atoms with Crippen LogP contribution in [0.2, 0.25) is 0 Å². The fraction of sp³-hybridized carbons (Fsp3) is 0.130. The van der Waals surface area contributed by atoms with E-state index < -0.39 is 0 Å². The number of aryl methyl sites for hydroxylation is 1. The largest absolute Gasteiger partial charge is 0.488 e. The molecule has 0 unspecified atom stereocenters. The first-order chi connectivity index (χ1) is 13.7. The molecule has 0 radical (unpaired) electrons. The summed E-state index contributed by atoms with van der Waals surface area (Å²) in [6.45, 7) is 2.64. The molecule has 0 aromatic heterocycles. The zero-order valence-electron chi connectivity index (χ0n) is 15.8. The maximum Gasteiger partial charge on any atom is 0.259 e.